The van der Waals surface area contributed by atoms with Crippen LogP contribution in [0.25, 0.3) is 11.5 Å². The molecule has 1 saturated heterocycles. The van der Waals surface area contributed by atoms with E-state index in [1.165, 1.54) is 5.56 Å². The highest BCUT2D eigenvalue weighted by molar-refractivity contribution is 5.92. The minimum atomic E-state index is -0.0167. The average molecular weight is 386 g/mol. The van der Waals surface area contributed by atoms with E-state index < -0.39 is 0 Å². The van der Waals surface area contributed by atoms with Gasteiger partial charge in [0.25, 0.3) is 5.91 Å². The maximum absolute atomic E-state index is 12.7. The number of fused-ring (bicyclic) bond motifs is 1. The van der Waals surface area contributed by atoms with Crippen molar-refractivity contribution >= 4 is 11.7 Å². The number of anilines is 1. The fourth-order valence-electron chi connectivity index (χ4n) is 4.07. The number of carbonyl (C=O) groups is 1. The molecule has 1 amide bonds. The normalized spacial score (nSPS) is 17.9. The summed E-state index contributed by atoms with van der Waals surface area (Å²) in [5.41, 5.74) is 3.60. The van der Waals surface area contributed by atoms with Gasteiger partial charge in [0.2, 0.25) is 0 Å². The molecule has 5 rings (SSSR count). The summed E-state index contributed by atoms with van der Waals surface area (Å²) < 4.78 is 0. The Morgan fingerprint density at radius 1 is 1.03 bits per heavy atom. The summed E-state index contributed by atoms with van der Waals surface area (Å²) in [4.78, 5) is 32.7. The summed E-state index contributed by atoms with van der Waals surface area (Å²) >= 11 is 0. The molecule has 2 aliphatic rings. The van der Waals surface area contributed by atoms with Crippen LogP contribution in [-0.2, 0) is 12.8 Å². The third-order valence-electron chi connectivity index (χ3n) is 5.53. The van der Waals surface area contributed by atoms with E-state index in [-0.39, 0.29) is 11.9 Å². The van der Waals surface area contributed by atoms with Crippen LogP contribution in [0.1, 0.15) is 34.6 Å². The molecule has 1 aliphatic carbocycles. The Balaban J connectivity index is 1.36. The van der Waals surface area contributed by atoms with Crippen LogP contribution in [0.3, 0.4) is 0 Å². The largest absolute Gasteiger partial charge is 0.365 e. The number of likely N-dealkylation sites (tertiary alicyclic amines) is 1. The van der Waals surface area contributed by atoms with Gasteiger partial charge in [-0.25, -0.2) is 9.97 Å². The summed E-state index contributed by atoms with van der Waals surface area (Å²) in [7, 11) is 0. The molecule has 4 heterocycles. The van der Waals surface area contributed by atoms with E-state index in [2.05, 4.69) is 15.3 Å². The fraction of sp³-hybridized carbons (Fsp3) is 0.318. The molecule has 1 aliphatic heterocycles. The molecule has 1 fully saturated rings. The number of pyridine rings is 2. The monoisotopic (exact) mass is 386 g/mol. The lowest BCUT2D eigenvalue weighted by Gasteiger charge is -2.18. The number of hydrogen-bond donors (Lipinski definition) is 1. The molecule has 1 atom stereocenters. The Hall–Kier alpha value is -3.35. The van der Waals surface area contributed by atoms with E-state index >= 15 is 0 Å². The molecule has 0 saturated carbocycles. The summed E-state index contributed by atoms with van der Waals surface area (Å²) in [5.74, 6) is 1.54. The Labute approximate surface area is 169 Å². The van der Waals surface area contributed by atoms with E-state index in [9.17, 15) is 4.79 Å². The number of rotatable bonds is 4. The predicted molar refractivity (Wildman–Crippen MR) is 109 cm³/mol. The van der Waals surface area contributed by atoms with Crippen LogP contribution < -0.4 is 5.32 Å². The van der Waals surface area contributed by atoms with E-state index in [0.29, 0.717) is 24.6 Å². The second-order valence-electron chi connectivity index (χ2n) is 7.49. The molecule has 146 valence electrons. The standard InChI is InChI=1S/C22H22N6O/c29-22(19-8-2-4-12-24-19)28-13-10-15(14-28)25-20-16-6-5-9-17(16)26-21(27-20)18-7-1-3-11-23-18/h1-4,7-8,11-12,15H,5-6,9-10,13-14H2,(H,25,26,27). The maximum atomic E-state index is 12.7. The number of nitrogens with zero attached hydrogens (tertiary/aromatic N) is 5. The summed E-state index contributed by atoms with van der Waals surface area (Å²) in [6.45, 7) is 1.36. The van der Waals surface area contributed by atoms with Gasteiger partial charge in [-0.15, -0.1) is 0 Å². The lowest BCUT2D eigenvalue weighted by atomic mass is 10.2. The van der Waals surface area contributed by atoms with E-state index in [0.717, 1.165) is 42.9 Å². The second kappa shape index (κ2) is 7.58. The smallest absolute Gasteiger partial charge is 0.272 e. The molecule has 1 N–H and O–H groups in total. The molecular weight excluding hydrogens is 364 g/mol. The zero-order valence-electron chi connectivity index (χ0n) is 16.1. The summed E-state index contributed by atoms with van der Waals surface area (Å²) in [6, 6.07) is 11.4. The van der Waals surface area contributed by atoms with E-state index in [1.807, 2.05) is 35.2 Å². The van der Waals surface area contributed by atoms with Gasteiger partial charge in [0.05, 0.1) is 0 Å². The predicted octanol–water partition coefficient (Wildman–Crippen LogP) is 2.75. The van der Waals surface area contributed by atoms with E-state index in [1.54, 1.807) is 18.5 Å². The van der Waals surface area contributed by atoms with Crippen LogP contribution >= 0.6 is 0 Å². The van der Waals surface area contributed by atoms with Crippen LogP contribution in [0.5, 0.6) is 0 Å². The van der Waals surface area contributed by atoms with E-state index in [4.69, 9.17) is 9.97 Å². The number of carbonyl (C=O) groups excluding carboxylic acids is 1. The molecule has 3 aromatic rings. The zero-order chi connectivity index (χ0) is 19.6. The van der Waals surface area contributed by atoms with Crippen molar-refractivity contribution in [3.63, 3.8) is 0 Å². The molecule has 29 heavy (non-hydrogen) atoms. The molecule has 7 heteroatoms. The van der Waals surface area contributed by atoms with Crippen molar-refractivity contribution in [3.8, 4) is 11.5 Å². The van der Waals surface area contributed by atoms with Gasteiger partial charge < -0.3 is 10.2 Å². The van der Waals surface area contributed by atoms with Crippen molar-refractivity contribution in [2.45, 2.75) is 31.7 Å². The first-order valence-corrected chi connectivity index (χ1v) is 10.1. The minimum absolute atomic E-state index is 0.0167. The van der Waals surface area contributed by atoms with Gasteiger partial charge in [-0.1, -0.05) is 12.1 Å². The summed E-state index contributed by atoms with van der Waals surface area (Å²) in [5, 5.41) is 3.59. The van der Waals surface area contributed by atoms with Crippen LogP contribution in [0.4, 0.5) is 5.82 Å². The first-order chi connectivity index (χ1) is 14.3. The molecule has 7 nitrogen and oxygen atoms in total. The molecule has 0 bridgehead atoms. The third kappa shape index (κ3) is 3.55. The average Bonchev–Trinajstić information content (AvgIpc) is 3.44. The molecule has 1 unspecified atom stereocenters. The van der Waals surface area contributed by atoms with Crippen molar-refractivity contribution in [1.29, 1.82) is 0 Å². The van der Waals surface area contributed by atoms with Crippen molar-refractivity contribution in [1.82, 2.24) is 24.8 Å². The fourth-order valence-corrected chi connectivity index (χ4v) is 4.07. The number of nitrogens with one attached hydrogen (secondary N) is 1. The minimum Gasteiger partial charge on any atom is -0.365 e. The number of hydrogen-bond acceptors (Lipinski definition) is 6. The topological polar surface area (TPSA) is 83.9 Å². The van der Waals surface area contributed by atoms with Gasteiger partial charge in [-0.2, -0.15) is 0 Å². The van der Waals surface area contributed by atoms with Crippen molar-refractivity contribution in [2.24, 2.45) is 0 Å². The number of amides is 1. The van der Waals surface area contributed by atoms with Gasteiger partial charge in [0.15, 0.2) is 5.82 Å². The summed E-state index contributed by atoms with van der Waals surface area (Å²) in [6.07, 6.45) is 7.36. The number of aromatic nitrogens is 4. The van der Waals surface area contributed by atoms with Crippen molar-refractivity contribution in [3.05, 3.63) is 65.7 Å². The second-order valence-corrected chi connectivity index (χ2v) is 7.49. The number of aryl methyl sites for hydroxylation is 1. The van der Waals surface area contributed by atoms with Gasteiger partial charge in [-0.3, -0.25) is 14.8 Å². The SMILES string of the molecule is O=C(c1ccccn1)N1CCC(Nc2nc(-c3ccccn3)nc3c2CCC3)C1. The molecule has 0 aromatic carbocycles. The molecular formula is C22H22N6O. The van der Waals surface area contributed by atoms with Crippen LogP contribution in [0.2, 0.25) is 0 Å². The van der Waals surface area contributed by atoms with Crippen molar-refractivity contribution in [2.75, 3.05) is 18.4 Å². The Morgan fingerprint density at radius 3 is 2.69 bits per heavy atom. The maximum Gasteiger partial charge on any atom is 0.272 e. The first-order valence-electron chi connectivity index (χ1n) is 10.1. The Kier molecular flexibility index (Phi) is 4.63. The highest BCUT2D eigenvalue weighted by Gasteiger charge is 2.29. The van der Waals surface area contributed by atoms with Gasteiger partial charge in [0, 0.05) is 42.8 Å². The Morgan fingerprint density at radius 2 is 1.90 bits per heavy atom. The van der Waals surface area contributed by atoms with Gasteiger partial charge in [0.1, 0.15) is 17.2 Å². The Bertz CT molecular complexity index is 1020. The van der Waals surface area contributed by atoms with Crippen LogP contribution in [0.15, 0.2) is 48.8 Å². The van der Waals surface area contributed by atoms with Crippen LogP contribution in [0, 0.1) is 0 Å². The molecule has 3 aromatic heterocycles. The van der Waals surface area contributed by atoms with Gasteiger partial charge in [-0.05, 0) is 49.9 Å². The highest BCUT2D eigenvalue weighted by Crippen LogP contribution is 2.30. The van der Waals surface area contributed by atoms with Gasteiger partial charge >= 0.3 is 0 Å². The van der Waals surface area contributed by atoms with Crippen LogP contribution in [-0.4, -0.2) is 49.9 Å². The first kappa shape index (κ1) is 17.7. The zero-order valence-corrected chi connectivity index (χ0v) is 16.1. The third-order valence-corrected chi connectivity index (χ3v) is 5.53. The molecule has 0 spiro atoms. The lowest BCUT2D eigenvalue weighted by Crippen LogP contribution is -2.32. The highest BCUT2D eigenvalue weighted by atomic mass is 16.2. The quantitative estimate of drug-likeness (QED) is 0.742. The van der Waals surface area contributed by atoms with Crippen molar-refractivity contribution < 1.29 is 4.79 Å². The lowest BCUT2D eigenvalue weighted by molar-refractivity contribution is 0.0786. The molecule has 0 radical (unpaired) electrons.